The van der Waals surface area contributed by atoms with Crippen molar-refractivity contribution in [2.24, 2.45) is 0 Å². The van der Waals surface area contributed by atoms with E-state index in [2.05, 4.69) is 24.4 Å². The maximum absolute atomic E-state index is 12.8. The molecule has 0 aliphatic heterocycles. The lowest BCUT2D eigenvalue weighted by atomic mass is 10.1. The second-order valence-corrected chi connectivity index (χ2v) is 4.82. The summed E-state index contributed by atoms with van der Waals surface area (Å²) in [5, 5.41) is 13.3. The van der Waals surface area contributed by atoms with Gasteiger partial charge in [-0.2, -0.15) is 0 Å². The third kappa shape index (κ3) is 3.89. The number of aliphatic hydroxyl groups excluding tert-OH is 1. The lowest BCUT2D eigenvalue weighted by Gasteiger charge is -2.13. The quantitative estimate of drug-likeness (QED) is 0.847. The van der Waals surface area contributed by atoms with E-state index in [0.29, 0.717) is 6.54 Å². The fourth-order valence-electron chi connectivity index (χ4n) is 2.22. The van der Waals surface area contributed by atoms with Crippen molar-refractivity contribution < 1.29 is 9.50 Å². The third-order valence-electron chi connectivity index (χ3n) is 3.41. The van der Waals surface area contributed by atoms with Gasteiger partial charge in [0.15, 0.2) is 0 Å². The highest BCUT2D eigenvalue weighted by Crippen LogP contribution is 2.13. The van der Waals surface area contributed by atoms with Gasteiger partial charge in [-0.25, -0.2) is 4.39 Å². The summed E-state index contributed by atoms with van der Waals surface area (Å²) < 4.78 is 12.8. The van der Waals surface area contributed by atoms with Crippen LogP contribution in [0.25, 0.3) is 0 Å². The third-order valence-corrected chi connectivity index (χ3v) is 3.41. The lowest BCUT2D eigenvalue weighted by molar-refractivity contribution is 0.174. The zero-order chi connectivity index (χ0) is 14.4. The summed E-state index contributed by atoms with van der Waals surface area (Å²) in [6, 6.07) is 14.2. The van der Waals surface area contributed by atoms with Crippen LogP contribution in [-0.4, -0.2) is 11.7 Å². The normalized spacial score (nSPS) is 12.3. The topological polar surface area (TPSA) is 32.3 Å². The molecule has 0 amide bonds. The molecule has 0 aliphatic rings. The maximum atomic E-state index is 12.8. The highest BCUT2D eigenvalue weighted by molar-refractivity contribution is 5.27. The molecule has 2 nitrogen and oxygen atoms in total. The first kappa shape index (κ1) is 14.7. The minimum Gasteiger partial charge on any atom is -0.387 e. The number of benzene rings is 2. The van der Waals surface area contributed by atoms with Crippen molar-refractivity contribution >= 4 is 0 Å². The van der Waals surface area contributed by atoms with Crippen LogP contribution in [0.2, 0.25) is 0 Å². The molecular weight excluding hydrogens is 253 g/mol. The number of rotatable bonds is 6. The van der Waals surface area contributed by atoms with E-state index in [1.807, 2.05) is 12.1 Å². The number of hydrogen-bond donors (Lipinski definition) is 2. The molecule has 0 saturated heterocycles. The van der Waals surface area contributed by atoms with E-state index < -0.39 is 6.10 Å². The van der Waals surface area contributed by atoms with Crippen molar-refractivity contribution in [2.45, 2.75) is 26.0 Å². The summed E-state index contributed by atoms with van der Waals surface area (Å²) in [4.78, 5) is 0. The standard InChI is InChI=1S/C17H20FNO/c1-2-13-5-3-4-6-15(13)11-19-12-17(20)14-7-9-16(18)10-8-14/h3-10,17,19-20H,2,11-12H2,1H3. The van der Waals surface area contributed by atoms with Gasteiger partial charge in [0.1, 0.15) is 5.82 Å². The number of nitrogens with one attached hydrogen (secondary N) is 1. The van der Waals surface area contributed by atoms with Gasteiger partial charge in [0.25, 0.3) is 0 Å². The van der Waals surface area contributed by atoms with Crippen LogP contribution in [0, 0.1) is 5.82 Å². The molecule has 106 valence electrons. The first-order valence-electron chi connectivity index (χ1n) is 6.91. The average molecular weight is 273 g/mol. The summed E-state index contributed by atoms with van der Waals surface area (Å²) in [7, 11) is 0. The number of hydrogen-bond acceptors (Lipinski definition) is 2. The van der Waals surface area contributed by atoms with E-state index in [1.54, 1.807) is 12.1 Å². The fraction of sp³-hybridized carbons (Fsp3) is 0.294. The van der Waals surface area contributed by atoms with Gasteiger partial charge in [-0.05, 0) is 35.2 Å². The molecule has 0 radical (unpaired) electrons. The molecular formula is C17H20FNO. The Bertz CT molecular complexity index is 539. The zero-order valence-electron chi connectivity index (χ0n) is 11.6. The van der Waals surface area contributed by atoms with E-state index in [1.165, 1.54) is 23.3 Å². The van der Waals surface area contributed by atoms with Crippen LogP contribution in [0.1, 0.15) is 29.7 Å². The molecule has 2 N–H and O–H groups in total. The van der Waals surface area contributed by atoms with Crippen molar-refractivity contribution in [3.05, 3.63) is 71.0 Å². The first-order valence-corrected chi connectivity index (χ1v) is 6.91. The van der Waals surface area contributed by atoms with Crippen LogP contribution in [0.5, 0.6) is 0 Å². The monoisotopic (exact) mass is 273 g/mol. The molecule has 0 saturated carbocycles. The van der Waals surface area contributed by atoms with E-state index in [4.69, 9.17) is 0 Å². The molecule has 3 heteroatoms. The lowest BCUT2D eigenvalue weighted by Crippen LogP contribution is -2.21. The van der Waals surface area contributed by atoms with E-state index in [9.17, 15) is 9.50 Å². The van der Waals surface area contributed by atoms with Crippen molar-refractivity contribution in [3.63, 3.8) is 0 Å². The smallest absolute Gasteiger partial charge is 0.123 e. The molecule has 0 spiro atoms. The Kier molecular flexibility index (Phi) is 5.27. The van der Waals surface area contributed by atoms with Crippen molar-refractivity contribution in [3.8, 4) is 0 Å². The molecule has 1 atom stereocenters. The predicted octanol–water partition coefficient (Wildman–Crippen LogP) is 3.21. The summed E-state index contributed by atoms with van der Waals surface area (Å²) in [5.74, 6) is -0.286. The van der Waals surface area contributed by atoms with Gasteiger partial charge in [0.05, 0.1) is 6.10 Å². The Labute approximate surface area is 119 Å². The zero-order valence-corrected chi connectivity index (χ0v) is 11.6. The van der Waals surface area contributed by atoms with Gasteiger partial charge in [-0.3, -0.25) is 0 Å². The molecule has 2 rings (SSSR count). The van der Waals surface area contributed by atoms with Gasteiger partial charge in [-0.1, -0.05) is 43.3 Å². The minimum absolute atomic E-state index is 0.286. The molecule has 0 heterocycles. The molecule has 0 aromatic heterocycles. The Morgan fingerprint density at radius 1 is 1.05 bits per heavy atom. The molecule has 20 heavy (non-hydrogen) atoms. The second kappa shape index (κ2) is 7.17. The highest BCUT2D eigenvalue weighted by atomic mass is 19.1. The summed E-state index contributed by atoms with van der Waals surface area (Å²) >= 11 is 0. The van der Waals surface area contributed by atoms with Gasteiger partial charge in [0, 0.05) is 13.1 Å². The molecule has 0 bridgehead atoms. The van der Waals surface area contributed by atoms with Gasteiger partial charge in [-0.15, -0.1) is 0 Å². The van der Waals surface area contributed by atoms with Crippen molar-refractivity contribution in [1.29, 1.82) is 0 Å². The maximum Gasteiger partial charge on any atom is 0.123 e. The Balaban J connectivity index is 1.87. The predicted molar refractivity (Wildman–Crippen MR) is 78.9 cm³/mol. The van der Waals surface area contributed by atoms with E-state index in [-0.39, 0.29) is 5.82 Å². The first-order chi connectivity index (χ1) is 9.70. The Hall–Kier alpha value is -1.71. The largest absolute Gasteiger partial charge is 0.387 e. The number of aryl methyl sites for hydroxylation is 1. The second-order valence-electron chi connectivity index (χ2n) is 4.82. The van der Waals surface area contributed by atoms with E-state index >= 15 is 0 Å². The highest BCUT2D eigenvalue weighted by Gasteiger charge is 2.07. The molecule has 0 aliphatic carbocycles. The van der Waals surface area contributed by atoms with Gasteiger partial charge in [0.2, 0.25) is 0 Å². The Morgan fingerprint density at radius 2 is 1.70 bits per heavy atom. The SMILES string of the molecule is CCc1ccccc1CNCC(O)c1ccc(F)cc1. The fourth-order valence-corrected chi connectivity index (χ4v) is 2.22. The van der Waals surface area contributed by atoms with Gasteiger partial charge >= 0.3 is 0 Å². The molecule has 0 fully saturated rings. The minimum atomic E-state index is -0.621. The average Bonchev–Trinajstić information content (AvgIpc) is 2.48. The molecule has 1 unspecified atom stereocenters. The molecule has 2 aromatic carbocycles. The Morgan fingerprint density at radius 3 is 2.35 bits per heavy atom. The van der Waals surface area contributed by atoms with Crippen LogP contribution in [0.15, 0.2) is 48.5 Å². The summed E-state index contributed by atoms with van der Waals surface area (Å²) in [5.41, 5.74) is 3.29. The van der Waals surface area contributed by atoms with Crippen LogP contribution < -0.4 is 5.32 Å². The van der Waals surface area contributed by atoms with Crippen LogP contribution in [0.4, 0.5) is 4.39 Å². The summed E-state index contributed by atoms with van der Waals surface area (Å²) in [6.45, 7) is 3.30. The van der Waals surface area contributed by atoms with Crippen molar-refractivity contribution in [2.75, 3.05) is 6.54 Å². The molecule has 2 aromatic rings. The van der Waals surface area contributed by atoms with Crippen LogP contribution >= 0.6 is 0 Å². The van der Waals surface area contributed by atoms with E-state index in [0.717, 1.165) is 18.5 Å². The number of halogens is 1. The summed E-state index contributed by atoms with van der Waals surface area (Å²) in [6.07, 6.45) is 0.377. The van der Waals surface area contributed by atoms with Crippen molar-refractivity contribution in [1.82, 2.24) is 5.32 Å². The van der Waals surface area contributed by atoms with Gasteiger partial charge < -0.3 is 10.4 Å². The van der Waals surface area contributed by atoms with Crippen LogP contribution in [0.3, 0.4) is 0 Å². The van der Waals surface area contributed by atoms with Crippen LogP contribution in [-0.2, 0) is 13.0 Å². The number of aliphatic hydroxyl groups is 1.